The second kappa shape index (κ2) is 8.77. The van der Waals surface area contributed by atoms with Crippen LogP contribution in [0.5, 0.6) is 17.2 Å². The van der Waals surface area contributed by atoms with Crippen LogP contribution in [0.3, 0.4) is 0 Å². The quantitative estimate of drug-likeness (QED) is 0.847. The van der Waals surface area contributed by atoms with Crippen molar-refractivity contribution in [1.82, 2.24) is 9.80 Å². The topological polar surface area (TPSA) is 62.2 Å². The lowest BCUT2D eigenvalue weighted by atomic mass is 10.1. The lowest BCUT2D eigenvalue weighted by Gasteiger charge is -2.38. The average molecular weight is 370 g/mol. The Labute approximate surface area is 159 Å². The first-order valence-electron chi connectivity index (χ1n) is 9.14. The van der Waals surface area contributed by atoms with Gasteiger partial charge in [-0.05, 0) is 48.9 Å². The predicted molar refractivity (Wildman–Crippen MR) is 103 cm³/mol. The molecule has 0 bridgehead atoms. The second-order valence-electron chi connectivity index (χ2n) is 6.65. The third kappa shape index (κ3) is 4.92. The van der Waals surface area contributed by atoms with Crippen molar-refractivity contribution < 1.29 is 19.4 Å². The summed E-state index contributed by atoms with van der Waals surface area (Å²) in [6.07, 6.45) is 0. The van der Waals surface area contributed by atoms with Crippen LogP contribution < -0.4 is 9.47 Å². The summed E-state index contributed by atoms with van der Waals surface area (Å²) in [5, 5.41) is 9.27. The van der Waals surface area contributed by atoms with Gasteiger partial charge in [-0.15, -0.1) is 0 Å². The molecule has 6 nitrogen and oxygen atoms in total. The molecule has 0 radical (unpaired) electrons. The van der Waals surface area contributed by atoms with Crippen molar-refractivity contribution in [2.45, 2.75) is 13.0 Å². The molecule has 0 spiro atoms. The monoisotopic (exact) mass is 370 g/mol. The van der Waals surface area contributed by atoms with Crippen molar-refractivity contribution >= 4 is 5.91 Å². The van der Waals surface area contributed by atoms with E-state index < -0.39 is 0 Å². The summed E-state index contributed by atoms with van der Waals surface area (Å²) in [4.78, 5) is 16.6. The van der Waals surface area contributed by atoms with Crippen LogP contribution in [-0.2, 0) is 4.79 Å². The number of carbonyl (C=O) groups is 1. The van der Waals surface area contributed by atoms with Gasteiger partial charge in [-0.2, -0.15) is 0 Å². The largest absolute Gasteiger partial charge is 0.508 e. The highest BCUT2D eigenvalue weighted by Crippen LogP contribution is 2.24. The molecule has 1 fully saturated rings. The minimum atomic E-state index is -0.0141. The van der Waals surface area contributed by atoms with Gasteiger partial charge in [0, 0.05) is 32.2 Å². The number of phenolic OH excluding ortho intramolecular Hbond substituents is 1. The summed E-state index contributed by atoms with van der Waals surface area (Å²) in [6, 6.07) is 14.8. The zero-order valence-corrected chi connectivity index (χ0v) is 15.8. The SMILES string of the molecule is COc1ccc(C(C)N2CCN(C(=O)COc3ccc(O)cc3)CC2)cc1. The molecule has 1 saturated heterocycles. The van der Waals surface area contributed by atoms with Gasteiger partial charge in [-0.25, -0.2) is 0 Å². The zero-order valence-electron chi connectivity index (χ0n) is 15.8. The number of amides is 1. The Hall–Kier alpha value is -2.73. The van der Waals surface area contributed by atoms with Gasteiger partial charge in [-0.1, -0.05) is 12.1 Å². The first-order chi connectivity index (χ1) is 13.1. The van der Waals surface area contributed by atoms with Gasteiger partial charge in [-0.3, -0.25) is 9.69 Å². The maximum atomic E-state index is 12.4. The molecule has 27 heavy (non-hydrogen) atoms. The lowest BCUT2D eigenvalue weighted by Crippen LogP contribution is -2.50. The Balaban J connectivity index is 1.47. The Morgan fingerprint density at radius 2 is 1.59 bits per heavy atom. The number of hydrogen-bond acceptors (Lipinski definition) is 5. The molecule has 1 N–H and O–H groups in total. The van der Waals surface area contributed by atoms with Crippen LogP contribution in [0, 0.1) is 0 Å². The van der Waals surface area contributed by atoms with Gasteiger partial charge in [0.1, 0.15) is 17.2 Å². The Morgan fingerprint density at radius 3 is 2.19 bits per heavy atom. The number of methoxy groups -OCH3 is 1. The fourth-order valence-corrected chi connectivity index (χ4v) is 3.23. The number of piperazine rings is 1. The molecule has 1 atom stereocenters. The first-order valence-corrected chi connectivity index (χ1v) is 9.14. The molecule has 2 aromatic carbocycles. The van der Waals surface area contributed by atoms with E-state index >= 15 is 0 Å². The lowest BCUT2D eigenvalue weighted by molar-refractivity contribution is -0.135. The third-order valence-corrected chi connectivity index (χ3v) is 5.01. The fraction of sp³-hybridized carbons (Fsp3) is 0.381. The maximum Gasteiger partial charge on any atom is 0.260 e. The summed E-state index contributed by atoms with van der Waals surface area (Å²) in [7, 11) is 1.67. The average Bonchev–Trinajstić information content (AvgIpc) is 2.73. The summed E-state index contributed by atoms with van der Waals surface area (Å²) >= 11 is 0. The Kier molecular flexibility index (Phi) is 6.19. The molecule has 1 unspecified atom stereocenters. The first kappa shape index (κ1) is 19.0. The number of carbonyl (C=O) groups excluding carboxylic acids is 1. The van der Waals surface area contributed by atoms with Crippen molar-refractivity contribution in [3.05, 3.63) is 54.1 Å². The minimum Gasteiger partial charge on any atom is -0.508 e. The van der Waals surface area contributed by atoms with Crippen LogP contribution in [0.15, 0.2) is 48.5 Å². The van der Waals surface area contributed by atoms with Crippen LogP contribution in [-0.4, -0.2) is 60.7 Å². The molecule has 6 heteroatoms. The highest BCUT2D eigenvalue weighted by atomic mass is 16.5. The smallest absolute Gasteiger partial charge is 0.260 e. The summed E-state index contributed by atoms with van der Waals surface area (Å²) in [5.41, 5.74) is 1.24. The van der Waals surface area contributed by atoms with Crippen LogP contribution in [0.25, 0.3) is 0 Å². The van der Waals surface area contributed by atoms with Crippen LogP contribution in [0.1, 0.15) is 18.5 Å². The van der Waals surface area contributed by atoms with E-state index in [-0.39, 0.29) is 18.3 Å². The highest BCUT2D eigenvalue weighted by molar-refractivity contribution is 5.77. The van der Waals surface area contributed by atoms with Crippen molar-refractivity contribution in [1.29, 1.82) is 0 Å². The number of benzene rings is 2. The van der Waals surface area contributed by atoms with Gasteiger partial charge in [0.05, 0.1) is 7.11 Å². The van der Waals surface area contributed by atoms with E-state index in [1.165, 1.54) is 5.56 Å². The van der Waals surface area contributed by atoms with E-state index in [9.17, 15) is 9.90 Å². The van der Waals surface area contributed by atoms with Gasteiger partial charge >= 0.3 is 0 Å². The van der Waals surface area contributed by atoms with E-state index in [1.807, 2.05) is 17.0 Å². The Bertz CT molecular complexity index is 738. The molecule has 144 valence electrons. The number of hydrogen-bond donors (Lipinski definition) is 1. The van der Waals surface area contributed by atoms with Crippen molar-refractivity contribution in [2.24, 2.45) is 0 Å². The number of aromatic hydroxyl groups is 1. The molecule has 1 aliphatic heterocycles. The van der Waals surface area contributed by atoms with Crippen LogP contribution in [0.4, 0.5) is 0 Å². The number of phenols is 1. The van der Waals surface area contributed by atoms with Gasteiger partial charge < -0.3 is 19.5 Å². The van der Waals surface area contributed by atoms with E-state index in [0.717, 1.165) is 18.8 Å². The summed E-state index contributed by atoms with van der Waals surface area (Å²) in [5.74, 6) is 1.60. The van der Waals surface area contributed by atoms with Crippen molar-refractivity contribution in [3.63, 3.8) is 0 Å². The van der Waals surface area contributed by atoms with Crippen LogP contribution >= 0.6 is 0 Å². The van der Waals surface area contributed by atoms with Gasteiger partial charge in [0.15, 0.2) is 6.61 Å². The van der Waals surface area contributed by atoms with E-state index in [1.54, 1.807) is 31.4 Å². The molecule has 1 heterocycles. The fourth-order valence-electron chi connectivity index (χ4n) is 3.23. The minimum absolute atomic E-state index is 0.0127. The number of nitrogens with zero attached hydrogens (tertiary/aromatic N) is 2. The van der Waals surface area contributed by atoms with E-state index in [4.69, 9.17) is 9.47 Å². The predicted octanol–water partition coefficient (Wildman–Crippen LogP) is 2.69. The van der Waals surface area contributed by atoms with Gasteiger partial charge in [0.25, 0.3) is 5.91 Å². The zero-order chi connectivity index (χ0) is 19.2. The molecule has 0 aromatic heterocycles. The van der Waals surface area contributed by atoms with Gasteiger partial charge in [0.2, 0.25) is 0 Å². The molecular formula is C21H26N2O4. The third-order valence-electron chi connectivity index (χ3n) is 5.01. The molecule has 2 aromatic rings. The van der Waals surface area contributed by atoms with E-state index in [0.29, 0.717) is 24.9 Å². The Morgan fingerprint density at radius 1 is 1.00 bits per heavy atom. The normalized spacial score (nSPS) is 16.0. The number of rotatable bonds is 6. The summed E-state index contributed by atoms with van der Waals surface area (Å²) in [6.45, 7) is 5.25. The maximum absolute atomic E-state index is 12.4. The summed E-state index contributed by atoms with van der Waals surface area (Å²) < 4.78 is 10.7. The second-order valence-corrected chi connectivity index (χ2v) is 6.65. The molecule has 1 amide bonds. The van der Waals surface area contributed by atoms with Crippen molar-refractivity contribution in [2.75, 3.05) is 39.9 Å². The highest BCUT2D eigenvalue weighted by Gasteiger charge is 2.25. The molecule has 1 aliphatic rings. The molecular weight excluding hydrogens is 344 g/mol. The number of ether oxygens (including phenoxy) is 2. The van der Waals surface area contributed by atoms with E-state index in [2.05, 4.69) is 24.0 Å². The molecule has 0 aliphatic carbocycles. The molecule has 3 rings (SSSR count). The standard InChI is InChI=1S/C21H26N2O4/c1-16(17-3-7-19(26-2)8-4-17)22-11-13-23(14-12-22)21(25)15-27-20-9-5-18(24)6-10-20/h3-10,16,24H,11-15H2,1-2H3. The molecule has 0 saturated carbocycles. The van der Waals surface area contributed by atoms with Crippen molar-refractivity contribution in [3.8, 4) is 17.2 Å². The van der Waals surface area contributed by atoms with Crippen LogP contribution in [0.2, 0.25) is 0 Å².